The molecule has 0 spiro atoms. The zero-order chi connectivity index (χ0) is 12.5. The van der Waals surface area contributed by atoms with Crippen LogP contribution in [0.4, 0.5) is 0 Å². The predicted molar refractivity (Wildman–Crippen MR) is 75.4 cm³/mol. The molecule has 0 amide bonds. The fourth-order valence-electron chi connectivity index (χ4n) is 2.21. The van der Waals surface area contributed by atoms with E-state index in [1.165, 1.54) is 25.1 Å². The van der Waals surface area contributed by atoms with Crippen LogP contribution in [0.5, 0.6) is 0 Å². The van der Waals surface area contributed by atoms with Gasteiger partial charge in [-0.1, -0.05) is 44.2 Å². The summed E-state index contributed by atoms with van der Waals surface area (Å²) in [6.45, 7) is 11.0. The van der Waals surface area contributed by atoms with Crippen LogP contribution in [0.15, 0.2) is 30.3 Å². The quantitative estimate of drug-likeness (QED) is 0.864. The summed E-state index contributed by atoms with van der Waals surface area (Å²) in [7, 11) is 0. The molecule has 17 heavy (non-hydrogen) atoms. The Labute approximate surface area is 106 Å². The van der Waals surface area contributed by atoms with Gasteiger partial charge in [-0.05, 0) is 18.9 Å². The topological polar surface area (TPSA) is 15.3 Å². The van der Waals surface area contributed by atoms with Crippen LogP contribution < -0.4 is 5.32 Å². The summed E-state index contributed by atoms with van der Waals surface area (Å²) in [5.74, 6) is 0. The van der Waals surface area contributed by atoms with Crippen molar-refractivity contribution in [1.82, 2.24) is 10.2 Å². The highest BCUT2D eigenvalue weighted by atomic mass is 15.2. The van der Waals surface area contributed by atoms with Crippen molar-refractivity contribution in [2.24, 2.45) is 0 Å². The van der Waals surface area contributed by atoms with E-state index in [1.807, 2.05) is 13.8 Å². The van der Waals surface area contributed by atoms with Crippen molar-refractivity contribution >= 4 is 0 Å². The zero-order valence-electron chi connectivity index (χ0n) is 11.4. The van der Waals surface area contributed by atoms with Crippen molar-refractivity contribution in [1.29, 1.82) is 0 Å². The van der Waals surface area contributed by atoms with Crippen LogP contribution in [0, 0.1) is 0 Å². The second-order valence-corrected chi connectivity index (χ2v) is 4.32. The summed E-state index contributed by atoms with van der Waals surface area (Å²) >= 11 is 0. The Balaban J connectivity index is 0.000000686. The maximum atomic E-state index is 3.39. The van der Waals surface area contributed by atoms with Crippen molar-refractivity contribution in [3.8, 4) is 0 Å². The van der Waals surface area contributed by atoms with Gasteiger partial charge in [0.25, 0.3) is 0 Å². The summed E-state index contributed by atoms with van der Waals surface area (Å²) in [4.78, 5) is 2.57. The summed E-state index contributed by atoms with van der Waals surface area (Å²) in [6.07, 6.45) is 1.17. The van der Waals surface area contributed by atoms with Gasteiger partial charge in [-0.15, -0.1) is 0 Å². The van der Waals surface area contributed by atoms with Gasteiger partial charge in [0, 0.05) is 32.2 Å². The van der Waals surface area contributed by atoms with Crippen LogP contribution in [-0.2, 0) is 6.42 Å². The molecule has 1 aliphatic rings. The molecule has 96 valence electrons. The second-order valence-electron chi connectivity index (χ2n) is 4.32. The Morgan fingerprint density at radius 3 is 2.29 bits per heavy atom. The van der Waals surface area contributed by atoms with E-state index < -0.39 is 0 Å². The van der Waals surface area contributed by atoms with Gasteiger partial charge in [0.1, 0.15) is 0 Å². The average molecular weight is 234 g/mol. The normalized spacial score (nSPS) is 18.1. The molecule has 1 saturated heterocycles. The first kappa shape index (κ1) is 14.2. The monoisotopic (exact) mass is 234 g/mol. The van der Waals surface area contributed by atoms with Crippen LogP contribution in [0.3, 0.4) is 0 Å². The molecule has 2 heteroatoms. The predicted octanol–water partition coefficient (Wildman–Crippen LogP) is 2.55. The first-order valence-electron chi connectivity index (χ1n) is 6.85. The van der Waals surface area contributed by atoms with Crippen molar-refractivity contribution in [2.45, 2.75) is 33.2 Å². The molecule has 1 unspecified atom stereocenters. The minimum atomic E-state index is 0.662. The van der Waals surface area contributed by atoms with Gasteiger partial charge in [0.15, 0.2) is 0 Å². The maximum Gasteiger partial charge on any atom is 0.0110 e. The molecule has 1 fully saturated rings. The van der Waals surface area contributed by atoms with Crippen LogP contribution in [0.25, 0.3) is 0 Å². The molecule has 1 aromatic rings. The molecule has 1 atom stereocenters. The van der Waals surface area contributed by atoms with Gasteiger partial charge in [0.05, 0.1) is 0 Å². The second kappa shape index (κ2) is 8.26. The smallest absolute Gasteiger partial charge is 0.0110 e. The lowest BCUT2D eigenvalue weighted by Gasteiger charge is -2.32. The van der Waals surface area contributed by atoms with Gasteiger partial charge in [-0.25, -0.2) is 0 Å². The standard InChI is InChI=1S/C13H20N2.C2H6/c1-12(15-9-7-14-8-10-15)11-13-5-3-2-4-6-13;1-2/h2-6,12,14H,7-11H2,1H3;1-2H3. The van der Waals surface area contributed by atoms with Crippen molar-refractivity contribution < 1.29 is 0 Å². The lowest BCUT2D eigenvalue weighted by molar-refractivity contribution is 0.183. The molecule has 1 aliphatic heterocycles. The molecular formula is C15H26N2. The molecule has 2 rings (SSSR count). The number of nitrogens with one attached hydrogen (secondary N) is 1. The number of piperazine rings is 1. The summed E-state index contributed by atoms with van der Waals surface area (Å²) < 4.78 is 0. The molecule has 0 saturated carbocycles. The number of benzene rings is 1. The Kier molecular flexibility index (Phi) is 6.90. The molecular weight excluding hydrogens is 208 g/mol. The number of rotatable bonds is 3. The van der Waals surface area contributed by atoms with Crippen LogP contribution >= 0.6 is 0 Å². The zero-order valence-corrected chi connectivity index (χ0v) is 11.4. The fraction of sp³-hybridized carbons (Fsp3) is 0.600. The Morgan fingerprint density at radius 1 is 1.12 bits per heavy atom. The van der Waals surface area contributed by atoms with Crippen LogP contribution in [0.1, 0.15) is 26.3 Å². The van der Waals surface area contributed by atoms with E-state index in [1.54, 1.807) is 0 Å². The molecule has 0 bridgehead atoms. The highest BCUT2D eigenvalue weighted by Crippen LogP contribution is 2.09. The minimum absolute atomic E-state index is 0.662. The Morgan fingerprint density at radius 2 is 1.71 bits per heavy atom. The summed E-state index contributed by atoms with van der Waals surface area (Å²) in [5.41, 5.74) is 1.45. The minimum Gasteiger partial charge on any atom is -0.314 e. The highest BCUT2D eigenvalue weighted by molar-refractivity contribution is 5.15. The Hall–Kier alpha value is -0.860. The average Bonchev–Trinajstić information content (AvgIpc) is 2.43. The van der Waals surface area contributed by atoms with E-state index in [0.717, 1.165) is 13.1 Å². The largest absolute Gasteiger partial charge is 0.314 e. The van der Waals surface area contributed by atoms with Crippen molar-refractivity contribution in [3.63, 3.8) is 0 Å². The number of hydrogen-bond donors (Lipinski definition) is 1. The number of nitrogens with zero attached hydrogens (tertiary/aromatic N) is 1. The lowest BCUT2D eigenvalue weighted by Crippen LogP contribution is -2.48. The van der Waals surface area contributed by atoms with Gasteiger partial charge in [0.2, 0.25) is 0 Å². The lowest BCUT2D eigenvalue weighted by atomic mass is 10.1. The first-order valence-corrected chi connectivity index (χ1v) is 6.85. The molecule has 1 aromatic carbocycles. The van der Waals surface area contributed by atoms with Crippen LogP contribution in [0.2, 0.25) is 0 Å². The van der Waals surface area contributed by atoms with Crippen molar-refractivity contribution in [2.75, 3.05) is 26.2 Å². The molecule has 0 radical (unpaired) electrons. The van der Waals surface area contributed by atoms with E-state index in [0.29, 0.717) is 6.04 Å². The SMILES string of the molecule is CC.CC(Cc1ccccc1)N1CCNCC1. The molecule has 1 heterocycles. The van der Waals surface area contributed by atoms with Gasteiger partial charge < -0.3 is 5.32 Å². The van der Waals surface area contributed by atoms with Crippen molar-refractivity contribution in [3.05, 3.63) is 35.9 Å². The van der Waals surface area contributed by atoms with Gasteiger partial charge in [-0.3, -0.25) is 4.90 Å². The third-order valence-corrected chi connectivity index (χ3v) is 3.15. The Bertz CT molecular complexity index is 278. The summed E-state index contributed by atoms with van der Waals surface area (Å²) in [5, 5.41) is 3.39. The van der Waals surface area contributed by atoms with E-state index in [4.69, 9.17) is 0 Å². The third-order valence-electron chi connectivity index (χ3n) is 3.15. The van der Waals surface area contributed by atoms with E-state index in [2.05, 4.69) is 47.5 Å². The molecule has 2 nitrogen and oxygen atoms in total. The molecule has 1 N–H and O–H groups in total. The maximum absolute atomic E-state index is 3.39. The van der Waals surface area contributed by atoms with E-state index >= 15 is 0 Å². The molecule has 0 aromatic heterocycles. The first-order chi connectivity index (χ1) is 8.36. The molecule has 0 aliphatic carbocycles. The summed E-state index contributed by atoms with van der Waals surface area (Å²) in [6, 6.07) is 11.4. The van der Waals surface area contributed by atoms with E-state index in [-0.39, 0.29) is 0 Å². The highest BCUT2D eigenvalue weighted by Gasteiger charge is 2.16. The van der Waals surface area contributed by atoms with Gasteiger partial charge in [-0.2, -0.15) is 0 Å². The fourth-order valence-corrected chi connectivity index (χ4v) is 2.21. The third kappa shape index (κ3) is 4.88. The number of hydrogen-bond acceptors (Lipinski definition) is 2. The van der Waals surface area contributed by atoms with Gasteiger partial charge >= 0.3 is 0 Å². The van der Waals surface area contributed by atoms with E-state index in [9.17, 15) is 0 Å². The van der Waals surface area contributed by atoms with Crippen LogP contribution in [-0.4, -0.2) is 37.1 Å².